The van der Waals surface area contributed by atoms with Crippen LogP contribution < -0.4 is 0 Å². The second kappa shape index (κ2) is 3.44. The molecule has 0 N–H and O–H groups in total. The molecule has 0 aliphatic rings. The topological polar surface area (TPSA) is 0 Å². The SMILES string of the molecule is CCc1c(F)cc(F)c(C)c1S. The van der Waals surface area contributed by atoms with Gasteiger partial charge in [-0.1, -0.05) is 6.92 Å². The van der Waals surface area contributed by atoms with Crippen LogP contribution in [0.25, 0.3) is 0 Å². The quantitative estimate of drug-likeness (QED) is 0.643. The number of thiol groups is 1. The van der Waals surface area contributed by atoms with Gasteiger partial charge in [-0.05, 0) is 18.9 Å². The van der Waals surface area contributed by atoms with Crippen LogP contribution in [0.4, 0.5) is 8.78 Å². The van der Waals surface area contributed by atoms with Crippen LogP contribution in [0.1, 0.15) is 18.1 Å². The summed E-state index contributed by atoms with van der Waals surface area (Å²) >= 11 is 4.05. The Morgan fingerprint density at radius 3 is 2.42 bits per heavy atom. The number of benzene rings is 1. The van der Waals surface area contributed by atoms with Crippen LogP contribution in [0.5, 0.6) is 0 Å². The van der Waals surface area contributed by atoms with Gasteiger partial charge in [0.25, 0.3) is 0 Å². The monoisotopic (exact) mass is 188 g/mol. The van der Waals surface area contributed by atoms with Crippen molar-refractivity contribution in [3.8, 4) is 0 Å². The zero-order valence-electron chi connectivity index (χ0n) is 6.99. The van der Waals surface area contributed by atoms with Crippen molar-refractivity contribution >= 4 is 12.6 Å². The van der Waals surface area contributed by atoms with E-state index in [1.807, 2.05) is 6.92 Å². The Bertz CT molecular complexity index is 308. The van der Waals surface area contributed by atoms with Gasteiger partial charge in [0.15, 0.2) is 0 Å². The lowest BCUT2D eigenvalue weighted by molar-refractivity contribution is 0.559. The molecule has 0 radical (unpaired) electrons. The molecule has 12 heavy (non-hydrogen) atoms. The van der Waals surface area contributed by atoms with E-state index in [1.165, 1.54) is 0 Å². The standard InChI is InChI=1S/C9H10F2S/c1-3-6-8(11)4-7(10)5(2)9(6)12/h4,12H,3H2,1-2H3. The molecule has 0 saturated heterocycles. The second-order valence-electron chi connectivity index (χ2n) is 2.65. The Balaban J connectivity index is 3.40. The maximum absolute atomic E-state index is 13.0. The molecule has 66 valence electrons. The van der Waals surface area contributed by atoms with Crippen LogP contribution in [0.15, 0.2) is 11.0 Å². The Kier molecular flexibility index (Phi) is 2.73. The summed E-state index contributed by atoms with van der Waals surface area (Å²) < 4.78 is 25.9. The Hall–Kier alpha value is -0.570. The Morgan fingerprint density at radius 2 is 1.92 bits per heavy atom. The van der Waals surface area contributed by atoms with Crippen LogP contribution >= 0.6 is 12.6 Å². The number of hydrogen-bond acceptors (Lipinski definition) is 1. The van der Waals surface area contributed by atoms with Crippen molar-refractivity contribution in [2.75, 3.05) is 0 Å². The number of rotatable bonds is 1. The van der Waals surface area contributed by atoms with Gasteiger partial charge in [-0.15, -0.1) is 12.6 Å². The van der Waals surface area contributed by atoms with E-state index in [-0.39, 0.29) is 0 Å². The van der Waals surface area contributed by atoms with Gasteiger partial charge in [-0.2, -0.15) is 0 Å². The highest BCUT2D eigenvalue weighted by Crippen LogP contribution is 2.24. The van der Waals surface area contributed by atoms with E-state index >= 15 is 0 Å². The predicted octanol–water partition coefficient (Wildman–Crippen LogP) is 3.12. The molecule has 3 heteroatoms. The molecule has 1 aromatic carbocycles. The fraction of sp³-hybridized carbons (Fsp3) is 0.333. The highest BCUT2D eigenvalue weighted by atomic mass is 32.1. The molecule has 0 atom stereocenters. The average Bonchev–Trinajstić information content (AvgIpc) is 2.01. The summed E-state index contributed by atoms with van der Waals surface area (Å²) in [6.45, 7) is 3.41. The van der Waals surface area contributed by atoms with Crippen LogP contribution in [0, 0.1) is 18.6 Å². The van der Waals surface area contributed by atoms with E-state index in [0.29, 0.717) is 22.4 Å². The minimum absolute atomic E-state index is 0.414. The van der Waals surface area contributed by atoms with E-state index in [1.54, 1.807) is 6.92 Å². The van der Waals surface area contributed by atoms with Crippen molar-refractivity contribution in [1.82, 2.24) is 0 Å². The van der Waals surface area contributed by atoms with Gasteiger partial charge in [-0.25, -0.2) is 8.78 Å². The van der Waals surface area contributed by atoms with Crippen molar-refractivity contribution in [2.45, 2.75) is 25.2 Å². The molecule has 0 unspecified atom stereocenters. The van der Waals surface area contributed by atoms with E-state index in [9.17, 15) is 8.78 Å². The summed E-state index contributed by atoms with van der Waals surface area (Å²) in [7, 11) is 0. The van der Waals surface area contributed by atoms with Gasteiger partial charge in [0.1, 0.15) is 11.6 Å². The molecule has 0 aliphatic heterocycles. The van der Waals surface area contributed by atoms with Crippen molar-refractivity contribution in [3.63, 3.8) is 0 Å². The summed E-state index contributed by atoms with van der Waals surface area (Å²) in [5.41, 5.74) is 0.897. The molecule has 1 rings (SSSR count). The van der Waals surface area contributed by atoms with E-state index in [2.05, 4.69) is 12.6 Å². The molecule has 0 amide bonds. The maximum atomic E-state index is 13.0. The average molecular weight is 188 g/mol. The van der Waals surface area contributed by atoms with Gasteiger partial charge in [0.2, 0.25) is 0 Å². The van der Waals surface area contributed by atoms with E-state index < -0.39 is 11.6 Å². The fourth-order valence-corrected chi connectivity index (χ4v) is 1.47. The number of halogens is 2. The molecule has 0 aliphatic carbocycles. The summed E-state index contributed by atoms with van der Waals surface area (Å²) in [4.78, 5) is 0.426. The first-order valence-corrected chi connectivity index (χ1v) is 4.19. The minimum atomic E-state index is -0.533. The highest BCUT2D eigenvalue weighted by molar-refractivity contribution is 7.80. The zero-order chi connectivity index (χ0) is 9.30. The molecule has 0 bridgehead atoms. The first kappa shape index (κ1) is 9.52. The van der Waals surface area contributed by atoms with Crippen LogP contribution in [-0.2, 0) is 6.42 Å². The van der Waals surface area contributed by atoms with Crippen LogP contribution in [0.3, 0.4) is 0 Å². The predicted molar refractivity (Wildman–Crippen MR) is 47.7 cm³/mol. The fourth-order valence-electron chi connectivity index (χ4n) is 1.10. The third-order valence-electron chi connectivity index (χ3n) is 1.89. The van der Waals surface area contributed by atoms with Crippen molar-refractivity contribution in [3.05, 3.63) is 28.8 Å². The maximum Gasteiger partial charge on any atom is 0.130 e. The lowest BCUT2D eigenvalue weighted by Gasteiger charge is -2.07. The normalized spacial score (nSPS) is 10.4. The van der Waals surface area contributed by atoms with Crippen LogP contribution in [-0.4, -0.2) is 0 Å². The van der Waals surface area contributed by atoms with E-state index in [4.69, 9.17) is 0 Å². The Labute approximate surface area is 76.0 Å². The molecule has 0 spiro atoms. The van der Waals surface area contributed by atoms with Gasteiger partial charge in [0.05, 0.1) is 0 Å². The van der Waals surface area contributed by atoms with Gasteiger partial charge in [0, 0.05) is 16.5 Å². The number of hydrogen-bond donors (Lipinski definition) is 1. The van der Waals surface area contributed by atoms with Crippen molar-refractivity contribution in [2.24, 2.45) is 0 Å². The molecular formula is C9H10F2S. The second-order valence-corrected chi connectivity index (χ2v) is 3.09. The van der Waals surface area contributed by atoms with Gasteiger partial charge >= 0.3 is 0 Å². The molecule has 0 saturated carbocycles. The minimum Gasteiger partial charge on any atom is -0.207 e. The molecule has 0 fully saturated rings. The summed E-state index contributed by atoms with van der Waals surface area (Å²) in [6.07, 6.45) is 0.534. The first-order chi connectivity index (χ1) is 5.57. The summed E-state index contributed by atoms with van der Waals surface area (Å²) in [5.74, 6) is -1.04. The molecule has 0 nitrogen and oxygen atoms in total. The van der Waals surface area contributed by atoms with Gasteiger partial charge < -0.3 is 0 Å². The third-order valence-corrected chi connectivity index (χ3v) is 2.50. The molecular weight excluding hydrogens is 178 g/mol. The smallest absolute Gasteiger partial charge is 0.130 e. The highest BCUT2D eigenvalue weighted by Gasteiger charge is 2.11. The Morgan fingerprint density at radius 1 is 1.33 bits per heavy atom. The molecule has 1 aromatic rings. The molecule has 0 aromatic heterocycles. The lowest BCUT2D eigenvalue weighted by atomic mass is 10.1. The van der Waals surface area contributed by atoms with Crippen molar-refractivity contribution < 1.29 is 8.78 Å². The summed E-state index contributed by atoms with van der Waals surface area (Å²) in [5, 5.41) is 0. The largest absolute Gasteiger partial charge is 0.207 e. The third kappa shape index (κ3) is 1.46. The van der Waals surface area contributed by atoms with E-state index in [0.717, 1.165) is 6.07 Å². The van der Waals surface area contributed by atoms with Crippen LogP contribution in [0.2, 0.25) is 0 Å². The molecule has 0 heterocycles. The first-order valence-electron chi connectivity index (χ1n) is 3.74. The summed E-state index contributed by atoms with van der Waals surface area (Å²) in [6, 6.07) is 0.911. The zero-order valence-corrected chi connectivity index (χ0v) is 7.88. The van der Waals surface area contributed by atoms with Crippen molar-refractivity contribution in [1.29, 1.82) is 0 Å². The van der Waals surface area contributed by atoms with Gasteiger partial charge in [-0.3, -0.25) is 0 Å². The lowest BCUT2D eigenvalue weighted by Crippen LogP contribution is -1.96.